The molecule has 0 bridgehead atoms. The number of nitrogens with one attached hydrogen (secondary N) is 2. The molecular weight excluding hydrogens is 298 g/mol. The maximum Gasteiger partial charge on any atom is 0.328 e. The Morgan fingerprint density at radius 2 is 1.67 bits per heavy atom. The van der Waals surface area contributed by atoms with Gasteiger partial charge in [-0.1, -0.05) is 13.8 Å². The molecule has 0 radical (unpaired) electrons. The molecule has 3 unspecified atom stereocenters. The average Bonchev–Trinajstić information content (AvgIpc) is 2.41. The summed E-state index contributed by atoms with van der Waals surface area (Å²) in [5, 5.41) is 22.3. The molecule has 0 fully saturated rings. The number of carboxylic acids is 1. The number of carboxylic acid groups (broad SMARTS) is 1. The number of amides is 2. The first-order chi connectivity index (χ1) is 9.72. The van der Waals surface area contributed by atoms with Crippen LogP contribution in [-0.4, -0.2) is 58.5 Å². The smallest absolute Gasteiger partial charge is 0.328 e. The van der Waals surface area contributed by atoms with Gasteiger partial charge in [0, 0.05) is 5.75 Å². The summed E-state index contributed by atoms with van der Waals surface area (Å²) >= 11 is 3.90. The van der Waals surface area contributed by atoms with E-state index in [1.165, 1.54) is 0 Å². The van der Waals surface area contributed by atoms with Gasteiger partial charge in [0.2, 0.25) is 11.8 Å². The van der Waals surface area contributed by atoms with Crippen molar-refractivity contribution in [2.75, 3.05) is 12.4 Å². The highest BCUT2D eigenvalue weighted by molar-refractivity contribution is 7.80. The lowest BCUT2D eigenvalue weighted by Crippen LogP contribution is -2.55. The summed E-state index contributed by atoms with van der Waals surface area (Å²) in [7, 11) is 0. The largest absolute Gasteiger partial charge is 0.480 e. The van der Waals surface area contributed by atoms with Crippen LogP contribution in [-0.2, 0) is 14.4 Å². The van der Waals surface area contributed by atoms with Crippen molar-refractivity contribution in [3.63, 3.8) is 0 Å². The van der Waals surface area contributed by atoms with E-state index in [1.54, 1.807) is 0 Å². The molecule has 0 aliphatic carbocycles. The van der Waals surface area contributed by atoms with Gasteiger partial charge in [0.1, 0.15) is 12.1 Å². The third-order valence-corrected chi connectivity index (χ3v) is 3.06. The monoisotopic (exact) mass is 321 g/mol. The summed E-state index contributed by atoms with van der Waals surface area (Å²) in [6.45, 7) is 2.97. The van der Waals surface area contributed by atoms with Gasteiger partial charge < -0.3 is 26.6 Å². The number of thiol groups is 1. The maximum atomic E-state index is 12.0. The highest BCUT2D eigenvalue weighted by Gasteiger charge is 2.27. The van der Waals surface area contributed by atoms with Crippen molar-refractivity contribution in [1.29, 1.82) is 0 Å². The molecule has 122 valence electrons. The van der Waals surface area contributed by atoms with E-state index in [2.05, 4.69) is 23.3 Å². The zero-order valence-corrected chi connectivity index (χ0v) is 13.0. The quantitative estimate of drug-likeness (QED) is 0.281. The van der Waals surface area contributed by atoms with Gasteiger partial charge in [0.25, 0.3) is 0 Å². The molecule has 0 saturated carbocycles. The molecule has 0 heterocycles. The number of aliphatic carboxylic acids is 1. The molecule has 0 aliphatic heterocycles. The molecule has 6 N–H and O–H groups in total. The van der Waals surface area contributed by atoms with Crippen molar-refractivity contribution in [2.24, 2.45) is 11.7 Å². The lowest BCUT2D eigenvalue weighted by Gasteiger charge is -2.23. The van der Waals surface area contributed by atoms with Gasteiger partial charge in [-0.2, -0.15) is 12.6 Å². The predicted octanol–water partition coefficient (Wildman–Crippen LogP) is -1.66. The zero-order chi connectivity index (χ0) is 16.6. The Kier molecular flexibility index (Phi) is 8.98. The van der Waals surface area contributed by atoms with Crippen LogP contribution in [0.4, 0.5) is 0 Å². The van der Waals surface area contributed by atoms with Gasteiger partial charge in [0.05, 0.1) is 12.6 Å². The normalized spacial score (nSPS) is 15.1. The van der Waals surface area contributed by atoms with E-state index in [0.29, 0.717) is 6.42 Å². The van der Waals surface area contributed by atoms with Gasteiger partial charge in [-0.25, -0.2) is 4.79 Å². The number of hydrogen-bond acceptors (Lipinski definition) is 6. The van der Waals surface area contributed by atoms with Crippen LogP contribution < -0.4 is 16.4 Å². The molecule has 0 aromatic heterocycles. The van der Waals surface area contributed by atoms with Crippen molar-refractivity contribution in [2.45, 2.75) is 38.4 Å². The van der Waals surface area contributed by atoms with Crippen LogP contribution in [0.1, 0.15) is 20.3 Å². The van der Waals surface area contributed by atoms with E-state index in [9.17, 15) is 14.4 Å². The Morgan fingerprint density at radius 1 is 1.14 bits per heavy atom. The summed E-state index contributed by atoms with van der Waals surface area (Å²) in [6, 6.07) is -3.19. The van der Waals surface area contributed by atoms with Gasteiger partial charge in [-0.3, -0.25) is 9.59 Å². The molecule has 0 spiro atoms. The Balaban J connectivity index is 4.84. The van der Waals surface area contributed by atoms with E-state index in [0.717, 1.165) is 0 Å². The topological polar surface area (TPSA) is 142 Å². The van der Waals surface area contributed by atoms with Crippen molar-refractivity contribution >= 4 is 30.4 Å². The molecule has 0 aliphatic rings. The van der Waals surface area contributed by atoms with Gasteiger partial charge in [-0.15, -0.1) is 0 Å². The van der Waals surface area contributed by atoms with E-state index < -0.39 is 42.5 Å². The van der Waals surface area contributed by atoms with Crippen LogP contribution >= 0.6 is 12.6 Å². The van der Waals surface area contributed by atoms with E-state index in [-0.39, 0.29) is 11.7 Å². The lowest BCUT2D eigenvalue weighted by molar-refractivity contribution is -0.143. The molecule has 0 aromatic rings. The summed E-state index contributed by atoms with van der Waals surface area (Å²) in [4.78, 5) is 34.6. The molecule has 0 aromatic carbocycles. The highest BCUT2D eigenvalue weighted by Crippen LogP contribution is 2.06. The fourth-order valence-electron chi connectivity index (χ4n) is 1.52. The lowest BCUT2D eigenvalue weighted by atomic mass is 10.0. The van der Waals surface area contributed by atoms with Crippen molar-refractivity contribution in [3.8, 4) is 0 Å². The zero-order valence-electron chi connectivity index (χ0n) is 12.1. The SMILES string of the molecule is CC(C)CC(NC(=O)C(N)CS)C(=O)NC(CO)C(=O)O. The number of aliphatic hydroxyl groups excluding tert-OH is 1. The number of carbonyl (C=O) groups is 3. The van der Waals surface area contributed by atoms with Crippen LogP contribution in [0.3, 0.4) is 0 Å². The molecule has 3 atom stereocenters. The second-order valence-electron chi connectivity index (χ2n) is 5.06. The van der Waals surface area contributed by atoms with Crippen LogP contribution in [0.25, 0.3) is 0 Å². The van der Waals surface area contributed by atoms with Crippen molar-refractivity contribution in [1.82, 2.24) is 10.6 Å². The third-order valence-electron chi connectivity index (χ3n) is 2.67. The van der Waals surface area contributed by atoms with Crippen molar-refractivity contribution in [3.05, 3.63) is 0 Å². The molecule has 8 nitrogen and oxygen atoms in total. The van der Waals surface area contributed by atoms with E-state index in [1.807, 2.05) is 13.8 Å². The number of hydrogen-bond donors (Lipinski definition) is 6. The van der Waals surface area contributed by atoms with Crippen LogP contribution in [0, 0.1) is 5.92 Å². The standard InChI is InChI=1S/C12H23N3O5S/c1-6(2)3-8(14-10(17)7(13)5-21)11(18)15-9(4-16)12(19)20/h6-9,16,21H,3-5,13H2,1-2H3,(H,14,17)(H,15,18)(H,19,20). The molecule has 0 saturated heterocycles. The summed E-state index contributed by atoms with van der Waals surface area (Å²) < 4.78 is 0. The first kappa shape index (κ1) is 19.7. The first-order valence-electron chi connectivity index (χ1n) is 6.53. The molecule has 0 rings (SSSR count). The minimum Gasteiger partial charge on any atom is -0.480 e. The number of aliphatic hydroxyl groups is 1. The number of carbonyl (C=O) groups excluding carboxylic acids is 2. The fourth-order valence-corrected chi connectivity index (χ4v) is 1.69. The van der Waals surface area contributed by atoms with E-state index in [4.69, 9.17) is 15.9 Å². The number of nitrogens with two attached hydrogens (primary N) is 1. The Bertz CT molecular complexity index is 378. The van der Waals surface area contributed by atoms with Crippen LogP contribution in [0.15, 0.2) is 0 Å². The fraction of sp³-hybridized carbons (Fsp3) is 0.750. The highest BCUT2D eigenvalue weighted by atomic mass is 32.1. The Labute approximate surface area is 128 Å². The minimum atomic E-state index is -1.41. The van der Waals surface area contributed by atoms with Gasteiger partial charge in [-0.05, 0) is 12.3 Å². The summed E-state index contributed by atoms with van der Waals surface area (Å²) in [5.41, 5.74) is 5.52. The Morgan fingerprint density at radius 3 is 2.05 bits per heavy atom. The molecule has 21 heavy (non-hydrogen) atoms. The van der Waals surface area contributed by atoms with E-state index >= 15 is 0 Å². The molecule has 2 amide bonds. The summed E-state index contributed by atoms with van der Waals surface area (Å²) in [5.74, 6) is -2.36. The summed E-state index contributed by atoms with van der Waals surface area (Å²) in [6.07, 6.45) is 0.314. The van der Waals surface area contributed by atoms with Gasteiger partial charge >= 0.3 is 5.97 Å². The molecule has 9 heteroatoms. The molecular formula is C12H23N3O5S. The minimum absolute atomic E-state index is 0.0886. The maximum absolute atomic E-state index is 12.0. The predicted molar refractivity (Wildman–Crippen MR) is 79.9 cm³/mol. The Hall–Kier alpha value is -1.32. The van der Waals surface area contributed by atoms with Crippen LogP contribution in [0.2, 0.25) is 0 Å². The van der Waals surface area contributed by atoms with Crippen LogP contribution in [0.5, 0.6) is 0 Å². The average molecular weight is 321 g/mol. The number of rotatable bonds is 9. The third kappa shape index (κ3) is 7.30. The van der Waals surface area contributed by atoms with Gasteiger partial charge in [0.15, 0.2) is 0 Å². The van der Waals surface area contributed by atoms with Crippen molar-refractivity contribution < 1.29 is 24.6 Å². The second kappa shape index (κ2) is 9.59. The second-order valence-corrected chi connectivity index (χ2v) is 5.43. The first-order valence-corrected chi connectivity index (χ1v) is 7.17.